The molecular weight excluding hydrogens is 230 g/mol. The van der Waals surface area contributed by atoms with Crippen molar-refractivity contribution in [1.82, 2.24) is 0 Å². The Morgan fingerprint density at radius 3 is 2.56 bits per heavy atom. The number of nitrogens with zero attached hydrogens (tertiary/aromatic N) is 1. The van der Waals surface area contributed by atoms with Gasteiger partial charge in [0.15, 0.2) is 0 Å². The summed E-state index contributed by atoms with van der Waals surface area (Å²) in [4.78, 5) is 11.9. The molecule has 0 radical (unpaired) electrons. The zero-order valence-electron chi connectivity index (χ0n) is 11.1. The molecule has 1 aromatic carbocycles. The van der Waals surface area contributed by atoms with Crippen molar-refractivity contribution < 1.29 is 14.3 Å². The summed E-state index contributed by atoms with van der Waals surface area (Å²) in [6, 6.07) is 6.73. The van der Waals surface area contributed by atoms with Gasteiger partial charge < -0.3 is 9.47 Å². The summed E-state index contributed by atoms with van der Waals surface area (Å²) in [6.07, 6.45) is 0. The fraction of sp³-hybridized carbons (Fsp3) is 0.429. The summed E-state index contributed by atoms with van der Waals surface area (Å²) in [5.74, 6) is 0.0726. The van der Waals surface area contributed by atoms with Gasteiger partial charge in [0.2, 0.25) is 0 Å². The number of carbonyl (C=O) groups excluding carboxylic acids is 1. The van der Waals surface area contributed by atoms with Gasteiger partial charge in [0.1, 0.15) is 17.4 Å². The van der Waals surface area contributed by atoms with E-state index in [2.05, 4.69) is 0 Å². The average Bonchev–Trinajstić information content (AvgIpc) is 2.27. The van der Waals surface area contributed by atoms with Gasteiger partial charge in [-0.3, -0.25) is 0 Å². The highest BCUT2D eigenvalue weighted by atomic mass is 16.6. The zero-order chi connectivity index (χ0) is 13.8. The normalized spacial score (nSPS) is 10.6. The largest absolute Gasteiger partial charge is 0.494 e. The third-order valence-corrected chi connectivity index (χ3v) is 2.04. The Balaban J connectivity index is 3.03. The SMILES string of the molecule is CCOc1ccc(C(=O)OC(C)(C)C)c(C#N)c1. The van der Waals surface area contributed by atoms with E-state index in [-0.39, 0.29) is 11.1 Å². The van der Waals surface area contributed by atoms with Gasteiger partial charge in [-0.2, -0.15) is 5.26 Å². The van der Waals surface area contributed by atoms with Crippen LogP contribution < -0.4 is 4.74 Å². The second-order valence-corrected chi connectivity index (χ2v) is 4.75. The molecule has 18 heavy (non-hydrogen) atoms. The predicted octanol–water partition coefficient (Wildman–Crippen LogP) is 2.91. The highest BCUT2D eigenvalue weighted by Gasteiger charge is 2.20. The molecule has 0 aliphatic rings. The lowest BCUT2D eigenvalue weighted by molar-refractivity contribution is 0.00692. The molecule has 0 N–H and O–H groups in total. The Labute approximate surface area is 107 Å². The second-order valence-electron chi connectivity index (χ2n) is 4.75. The summed E-state index contributed by atoms with van der Waals surface area (Å²) >= 11 is 0. The van der Waals surface area contributed by atoms with Gasteiger partial charge in [0.25, 0.3) is 0 Å². The van der Waals surface area contributed by atoms with Crippen LogP contribution in [0.2, 0.25) is 0 Å². The number of carbonyl (C=O) groups is 1. The minimum absolute atomic E-state index is 0.259. The first-order valence-electron chi connectivity index (χ1n) is 5.77. The van der Waals surface area contributed by atoms with Crippen LogP contribution in [-0.4, -0.2) is 18.2 Å². The van der Waals surface area contributed by atoms with Crippen LogP contribution in [0.4, 0.5) is 0 Å². The number of nitriles is 1. The van der Waals surface area contributed by atoms with Crippen molar-refractivity contribution in [1.29, 1.82) is 5.26 Å². The number of rotatable bonds is 3. The summed E-state index contributed by atoms with van der Waals surface area (Å²) in [5.41, 5.74) is -0.0614. The fourth-order valence-electron chi connectivity index (χ4n) is 1.38. The van der Waals surface area contributed by atoms with Gasteiger partial charge in [-0.25, -0.2) is 4.79 Å². The van der Waals surface area contributed by atoms with E-state index in [4.69, 9.17) is 14.7 Å². The maximum atomic E-state index is 11.9. The molecule has 0 aliphatic carbocycles. The van der Waals surface area contributed by atoms with Crippen molar-refractivity contribution in [2.75, 3.05) is 6.61 Å². The molecule has 4 nitrogen and oxygen atoms in total. The van der Waals surface area contributed by atoms with E-state index in [1.807, 2.05) is 13.0 Å². The smallest absolute Gasteiger partial charge is 0.340 e. The van der Waals surface area contributed by atoms with Crippen molar-refractivity contribution >= 4 is 5.97 Å². The van der Waals surface area contributed by atoms with Gasteiger partial charge in [0.05, 0.1) is 17.7 Å². The molecule has 0 fully saturated rings. The van der Waals surface area contributed by atoms with E-state index in [1.165, 1.54) is 0 Å². The zero-order valence-corrected chi connectivity index (χ0v) is 11.1. The lowest BCUT2D eigenvalue weighted by Crippen LogP contribution is -2.24. The number of benzene rings is 1. The molecule has 4 heteroatoms. The van der Waals surface area contributed by atoms with Gasteiger partial charge in [-0.15, -0.1) is 0 Å². The van der Waals surface area contributed by atoms with Gasteiger partial charge in [0, 0.05) is 0 Å². The maximum Gasteiger partial charge on any atom is 0.340 e. The summed E-state index contributed by atoms with van der Waals surface area (Å²) < 4.78 is 10.5. The maximum absolute atomic E-state index is 11.9. The molecule has 0 heterocycles. The van der Waals surface area contributed by atoms with E-state index in [0.29, 0.717) is 12.4 Å². The molecule has 0 aliphatic heterocycles. The highest BCUT2D eigenvalue weighted by Crippen LogP contribution is 2.20. The standard InChI is InChI=1S/C14H17NO3/c1-5-17-11-6-7-12(10(8-11)9-15)13(16)18-14(2,3)4/h6-8H,5H2,1-4H3. The quantitative estimate of drug-likeness (QED) is 0.770. The van der Waals surface area contributed by atoms with Crippen LogP contribution >= 0.6 is 0 Å². The predicted molar refractivity (Wildman–Crippen MR) is 67.5 cm³/mol. The molecule has 0 saturated carbocycles. The Morgan fingerprint density at radius 1 is 1.39 bits per heavy atom. The van der Waals surface area contributed by atoms with Crippen LogP contribution in [0.15, 0.2) is 18.2 Å². The minimum Gasteiger partial charge on any atom is -0.494 e. The van der Waals surface area contributed by atoms with Crippen molar-refractivity contribution in [3.8, 4) is 11.8 Å². The first kappa shape index (κ1) is 14.0. The molecule has 0 saturated heterocycles. The summed E-state index contributed by atoms with van der Waals surface area (Å²) in [6.45, 7) is 7.72. The van der Waals surface area contributed by atoms with Crippen LogP contribution in [-0.2, 0) is 4.74 Å². The van der Waals surface area contributed by atoms with E-state index in [1.54, 1.807) is 39.0 Å². The molecule has 0 aromatic heterocycles. The fourth-order valence-corrected chi connectivity index (χ4v) is 1.38. The van der Waals surface area contributed by atoms with E-state index >= 15 is 0 Å². The first-order chi connectivity index (χ1) is 8.37. The molecule has 0 amide bonds. The third kappa shape index (κ3) is 3.77. The number of hydrogen-bond donors (Lipinski definition) is 0. The minimum atomic E-state index is -0.581. The van der Waals surface area contributed by atoms with E-state index < -0.39 is 11.6 Å². The van der Waals surface area contributed by atoms with E-state index in [0.717, 1.165) is 0 Å². The first-order valence-corrected chi connectivity index (χ1v) is 5.77. The Bertz CT molecular complexity index is 481. The molecule has 1 rings (SSSR count). The van der Waals surface area contributed by atoms with Crippen LogP contribution in [0.1, 0.15) is 43.6 Å². The lowest BCUT2D eigenvalue weighted by Gasteiger charge is -2.19. The third-order valence-electron chi connectivity index (χ3n) is 2.04. The molecule has 96 valence electrons. The summed E-state index contributed by atoms with van der Waals surface area (Å²) in [7, 11) is 0. The van der Waals surface area contributed by atoms with E-state index in [9.17, 15) is 4.79 Å². The molecular formula is C14H17NO3. The topological polar surface area (TPSA) is 59.3 Å². The second kappa shape index (κ2) is 5.54. The van der Waals surface area contributed by atoms with Gasteiger partial charge in [-0.05, 0) is 45.9 Å². The Kier molecular flexibility index (Phi) is 4.33. The van der Waals surface area contributed by atoms with Crippen LogP contribution in [0.5, 0.6) is 5.75 Å². The van der Waals surface area contributed by atoms with Crippen molar-refractivity contribution in [3.05, 3.63) is 29.3 Å². The van der Waals surface area contributed by atoms with Crippen LogP contribution in [0.3, 0.4) is 0 Å². The number of ether oxygens (including phenoxy) is 2. The Hall–Kier alpha value is -2.02. The molecule has 0 atom stereocenters. The molecule has 0 unspecified atom stereocenters. The van der Waals surface area contributed by atoms with Gasteiger partial charge >= 0.3 is 5.97 Å². The summed E-state index contributed by atoms with van der Waals surface area (Å²) in [5, 5.41) is 9.04. The Morgan fingerprint density at radius 2 is 2.06 bits per heavy atom. The van der Waals surface area contributed by atoms with Crippen molar-refractivity contribution in [3.63, 3.8) is 0 Å². The average molecular weight is 247 g/mol. The van der Waals surface area contributed by atoms with Crippen molar-refractivity contribution in [2.24, 2.45) is 0 Å². The lowest BCUT2D eigenvalue weighted by atomic mass is 10.1. The van der Waals surface area contributed by atoms with Gasteiger partial charge in [-0.1, -0.05) is 0 Å². The molecule has 0 spiro atoms. The molecule has 1 aromatic rings. The molecule has 0 bridgehead atoms. The highest BCUT2D eigenvalue weighted by molar-refractivity contribution is 5.92. The monoisotopic (exact) mass is 247 g/mol. The number of esters is 1. The van der Waals surface area contributed by atoms with Crippen molar-refractivity contribution in [2.45, 2.75) is 33.3 Å². The van der Waals surface area contributed by atoms with Crippen LogP contribution in [0, 0.1) is 11.3 Å². The number of hydrogen-bond acceptors (Lipinski definition) is 4. The van der Waals surface area contributed by atoms with Crippen LogP contribution in [0.25, 0.3) is 0 Å².